The van der Waals surface area contributed by atoms with E-state index in [4.69, 9.17) is 25.6 Å². The Morgan fingerprint density at radius 1 is 1.00 bits per heavy atom. The van der Waals surface area contributed by atoms with E-state index in [2.05, 4.69) is 17.2 Å². The molecule has 3 rings (SSSR count). The van der Waals surface area contributed by atoms with Crippen LogP contribution in [0.2, 0.25) is 5.02 Å². The second-order valence-corrected chi connectivity index (χ2v) is 6.46. The normalized spacial score (nSPS) is 12.0. The Kier molecular flexibility index (Phi) is 5.75. The molecule has 136 valence electrons. The first-order valence-electron chi connectivity index (χ1n) is 8.19. The molecule has 0 aliphatic rings. The van der Waals surface area contributed by atoms with E-state index in [1.54, 1.807) is 26.4 Å². The Balaban J connectivity index is 1.65. The quantitative estimate of drug-likeness (QED) is 0.688. The third-order valence-corrected chi connectivity index (χ3v) is 4.23. The van der Waals surface area contributed by atoms with E-state index < -0.39 is 0 Å². The van der Waals surface area contributed by atoms with E-state index in [0.717, 1.165) is 29.2 Å². The van der Waals surface area contributed by atoms with Crippen molar-refractivity contribution in [3.63, 3.8) is 0 Å². The highest BCUT2D eigenvalue weighted by molar-refractivity contribution is 6.30. The van der Waals surface area contributed by atoms with Crippen LogP contribution in [-0.4, -0.2) is 31.4 Å². The average molecular weight is 375 g/mol. The van der Waals surface area contributed by atoms with Crippen LogP contribution in [0.1, 0.15) is 11.5 Å². The molecule has 2 aromatic carbocycles. The van der Waals surface area contributed by atoms with Gasteiger partial charge in [0.15, 0.2) is 18.0 Å². The van der Waals surface area contributed by atoms with Gasteiger partial charge in [-0.15, -0.1) is 0 Å². The number of aromatic nitrogens is 2. The molecule has 1 heterocycles. The molecule has 6 nitrogen and oxygen atoms in total. The van der Waals surface area contributed by atoms with E-state index in [0.29, 0.717) is 23.3 Å². The minimum absolute atomic E-state index is 0.565. The largest absolute Gasteiger partial charge is 0.493 e. The molecule has 26 heavy (non-hydrogen) atoms. The maximum Gasteiger partial charge on any atom is 0.282 e. The molecule has 0 fully saturated rings. The summed E-state index contributed by atoms with van der Waals surface area (Å²) in [7, 11) is 5.33. The highest BCUT2D eigenvalue weighted by Gasteiger charge is 2.14. The molecule has 0 bridgehead atoms. The van der Waals surface area contributed by atoms with E-state index in [-0.39, 0.29) is 0 Å². The van der Waals surface area contributed by atoms with Crippen LogP contribution >= 0.6 is 11.6 Å². The Labute approximate surface area is 157 Å². The lowest BCUT2D eigenvalue weighted by atomic mass is 10.2. The summed E-state index contributed by atoms with van der Waals surface area (Å²) in [4.78, 5) is 5.68. The average Bonchev–Trinajstić information content (AvgIpc) is 3.10. The smallest absolute Gasteiger partial charge is 0.282 e. The Morgan fingerprint density at radius 3 is 2.42 bits per heavy atom. The Bertz CT molecular complexity index is 865. The van der Waals surface area contributed by atoms with E-state index in [1.165, 1.54) is 4.90 Å². The van der Waals surface area contributed by atoms with Gasteiger partial charge in [0.2, 0.25) is 5.82 Å². The van der Waals surface area contributed by atoms with E-state index >= 15 is 0 Å². The first-order chi connectivity index (χ1) is 12.6. The molecule has 0 saturated heterocycles. The van der Waals surface area contributed by atoms with Crippen molar-refractivity contribution in [2.45, 2.75) is 13.1 Å². The maximum absolute atomic E-state index is 5.91. The van der Waals surface area contributed by atoms with Crippen LogP contribution in [0.15, 0.2) is 47.0 Å². The van der Waals surface area contributed by atoms with Crippen molar-refractivity contribution in [3.8, 4) is 22.9 Å². The molecule has 0 amide bonds. The lowest BCUT2D eigenvalue weighted by molar-refractivity contribution is -0.909. The Morgan fingerprint density at radius 2 is 1.73 bits per heavy atom. The fourth-order valence-electron chi connectivity index (χ4n) is 2.70. The fraction of sp³-hybridized carbons (Fsp3) is 0.263. The van der Waals surface area contributed by atoms with E-state index in [1.807, 2.05) is 30.3 Å². The summed E-state index contributed by atoms with van der Waals surface area (Å²) >= 11 is 5.91. The SMILES string of the molecule is COc1ccc(C[NH+](C)Cc2nc(-c3ccc(Cl)cc3)no2)cc1OC. The van der Waals surface area contributed by atoms with Gasteiger partial charge < -0.3 is 18.9 Å². The van der Waals surface area contributed by atoms with Gasteiger partial charge in [0.1, 0.15) is 6.54 Å². The summed E-state index contributed by atoms with van der Waals surface area (Å²) < 4.78 is 16.0. The van der Waals surface area contributed by atoms with Crippen molar-refractivity contribution in [2.75, 3.05) is 21.3 Å². The van der Waals surface area contributed by atoms with Gasteiger partial charge in [-0.05, 0) is 42.5 Å². The molecular weight excluding hydrogens is 354 g/mol. The molecule has 1 aromatic heterocycles. The van der Waals surface area contributed by atoms with Crippen LogP contribution in [0.5, 0.6) is 11.5 Å². The van der Waals surface area contributed by atoms with Gasteiger partial charge in [-0.1, -0.05) is 16.8 Å². The van der Waals surface area contributed by atoms with Crippen molar-refractivity contribution in [1.82, 2.24) is 10.1 Å². The second-order valence-electron chi connectivity index (χ2n) is 6.02. The molecule has 7 heteroatoms. The minimum Gasteiger partial charge on any atom is -0.493 e. The number of ether oxygens (including phenoxy) is 2. The zero-order valence-corrected chi connectivity index (χ0v) is 15.7. The number of methoxy groups -OCH3 is 2. The number of quaternary nitrogens is 1. The maximum atomic E-state index is 5.91. The van der Waals surface area contributed by atoms with Crippen molar-refractivity contribution in [1.29, 1.82) is 0 Å². The van der Waals surface area contributed by atoms with Crippen molar-refractivity contribution in [2.24, 2.45) is 0 Å². The second kappa shape index (κ2) is 8.21. The molecule has 0 spiro atoms. The molecule has 0 aliphatic carbocycles. The third kappa shape index (κ3) is 4.33. The van der Waals surface area contributed by atoms with Gasteiger partial charge in [0.25, 0.3) is 5.89 Å². The molecule has 0 saturated carbocycles. The first-order valence-corrected chi connectivity index (χ1v) is 8.57. The van der Waals surface area contributed by atoms with Gasteiger partial charge in [-0.2, -0.15) is 4.98 Å². The Hall–Kier alpha value is -2.57. The van der Waals surface area contributed by atoms with Crippen LogP contribution < -0.4 is 14.4 Å². The summed E-state index contributed by atoms with van der Waals surface area (Å²) in [5.74, 6) is 2.60. The summed E-state index contributed by atoms with van der Waals surface area (Å²) in [5.41, 5.74) is 2.01. The van der Waals surface area contributed by atoms with Gasteiger partial charge >= 0.3 is 0 Å². The minimum atomic E-state index is 0.565. The predicted octanol–water partition coefficient (Wildman–Crippen LogP) is 2.62. The lowest BCUT2D eigenvalue weighted by Gasteiger charge is -2.13. The molecule has 0 radical (unpaired) electrons. The zero-order chi connectivity index (χ0) is 18.5. The molecule has 1 N–H and O–H groups in total. The number of benzene rings is 2. The number of halogens is 1. The number of hydrogen-bond donors (Lipinski definition) is 1. The van der Waals surface area contributed by atoms with Crippen LogP contribution in [0.4, 0.5) is 0 Å². The fourth-order valence-corrected chi connectivity index (χ4v) is 2.83. The van der Waals surface area contributed by atoms with Crippen molar-refractivity contribution >= 4 is 11.6 Å². The summed E-state index contributed by atoms with van der Waals surface area (Å²) in [6.45, 7) is 1.41. The lowest BCUT2D eigenvalue weighted by Crippen LogP contribution is -3.06. The third-order valence-electron chi connectivity index (χ3n) is 3.98. The number of rotatable bonds is 7. The van der Waals surface area contributed by atoms with Crippen molar-refractivity contribution < 1.29 is 18.9 Å². The predicted molar refractivity (Wildman–Crippen MR) is 98.6 cm³/mol. The zero-order valence-electron chi connectivity index (χ0n) is 15.0. The number of nitrogens with one attached hydrogen (secondary N) is 1. The van der Waals surface area contributed by atoms with Gasteiger partial charge in [-0.3, -0.25) is 0 Å². The summed E-state index contributed by atoms with van der Waals surface area (Å²) in [5, 5.41) is 4.72. The van der Waals surface area contributed by atoms with Gasteiger partial charge in [0.05, 0.1) is 21.3 Å². The topological polar surface area (TPSA) is 61.8 Å². The molecule has 3 aromatic rings. The van der Waals surface area contributed by atoms with Gasteiger partial charge in [-0.25, -0.2) is 0 Å². The standard InChI is InChI=1S/C19H20ClN3O3/c1-23(11-13-4-9-16(24-2)17(10-13)25-3)12-18-21-19(22-26-18)14-5-7-15(20)8-6-14/h4-10H,11-12H2,1-3H3/p+1. The van der Waals surface area contributed by atoms with Crippen LogP contribution in [-0.2, 0) is 13.1 Å². The summed E-state index contributed by atoms with van der Waals surface area (Å²) in [6, 6.07) is 13.3. The van der Waals surface area contributed by atoms with E-state index in [9.17, 15) is 0 Å². The first kappa shape index (κ1) is 18.2. The van der Waals surface area contributed by atoms with Crippen LogP contribution in [0.3, 0.4) is 0 Å². The number of hydrogen-bond acceptors (Lipinski definition) is 5. The molecule has 1 unspecified atom stereocenters. The highest BCUT2D eigenvalue weighted by atomic mass is 35.5. The van der Waals surface area contributed by atoms with Gasteiger partial charge in [0, 0.05) is 16.1 Å². The summed E-state index contributed by atoms with van der Waals surface area (Å²) in [6.07, 6.45) is 0. The highest BCUT2D eigenvalue weighted by Crippen LogP contribution is 2.27. The van der Waals surface area contributed by atoms with Crippen molar-refractivity contribution in [3.05, 3.63) is 58.9 Å². The molecule has 0 aliphatic heterocycles. The van der Waals surface area contributed by atoms with Crippen LogP contribution in [0.25, 0.3) is 11.4 Å². The number of nitrogens with zero attached hydrogens (tertiary/aromatic N) is 2. The molecule has 1 atom stereocenters. The molecular formula is C19H21ClN3O3+. The monoisotopic (exact) mass is 374 g/mol. The van der Waals surface area contributed by atoms with Crippen LogP contribution in [0, 0.1) is 0 Å².